The molecule has 0 bridgehead atoms. The average Bonchev–Trinajstić information content (AvgIpc) is 2.99. The van der Waals surface area contributed by atoms with Crippen LogP contribution in [0.2, 0.25) is 0 Å². The van der Waals surface area contributed by atoms with E-state index in [4.69, 9.17) is 5.73 Å². The van der Waals surface area contributed by atoms with Crippen LogP contribution in [0.4, 0.5) is 10.5 Å². The zero-order valence-corrected chi connectivity index (χ0v) is 15.2. The minimum Gasteiger partial charge on any atom is -0.351 e. The predicted octanol–water partition coefficient (Wildman–Crippen LogP) is 2.91. The van der Waals surface area contributed by atoms with Gasteiger partial charge in [-0.3, -0.25) is 4.79 Å². The van der Waals surface area contributed by atoms with E-state index in [1.807, 2.05) is 48.9 Å². The number of benzene rings is 2. The van der Waals surface area contributed by atoms with Crippen LogP contribution in [0.5, 0.6) is 0 Å². The average molecular weight is 363 g/mol. The monoisotopic (exact) mass is 363 g/mol. The Morgan fingerprint density at radius 3 is 2.26 bits per heavy atom. The molecule has 0 aliphatic heterocycles. The molecule has 1 heterocycles. The van der Waals surface area contributed by atoms with Gasteiger partial charge in [0.15, 0.2) is 0 Å². The number of nitrogens with two attached hydrogens (primary N) is 1. The van der Waals surface area contributed by atoms with E-state index in [1.54, 1.807) is 24.3 Å². The number of carbonyl (C=O) groups excluding carboxylic acids is 2. The van der Waals surface area contributed by atoms with Gasteiger partial charge >= 0.3 is 6.03 Å². The molecule has 4 N–H and O–H groups in total. The van der Waals surface area contributed by atoms with Gasteiger partial charge in [0.25, 0.3) is 5.91 Å². The molecule has 3 rings (SSSR count). The summed E-state index contributed by atoms with van der Waals surface area (Å²) in [5, 5.41) is 9.81. The van der Waals surface area contributed by atoms with E-state index in [9.17, 15) is 9.59 Å². The summed E-state index contributed by atoms with van der Waals surface area (Å²) in [5.41, 5.74) is 10.1. The van der Waals surface area contributed by atoms with E-state index >= 15 is 0 Å². The van der Waals surface area contributed by atoms with Gasteiger partial charge in [-0.25, -0.2) is 9.48 Å². The molecule has 0 radical (unpaired) electrons. The molecule has 3 aromatic rings. The SMILES string of the molecule is Cc1cc(C)n(-c2ccc(C(=O)NCc3ccc(NC(N)=O)cc3)cc2)n1. The van der Waals surface area contributed by atoms with Gasteiger partial charge in [-0.05, 0) is 61.9 Å². The standard InChI is InChI=1S/C20H21N5O2/c1-13-11-14(2)25(24-13)18-9-5-16(6-10-18)19(26)22-12-15-3-7-17(8-4-15)23-20(21)27/h3-11H,12H2,1-2H3,(H,22,26)(H3,21,23,27). The number of hydrogen-bond acceptors (Lipinski definition) is 3. The van der Waals surface area contributed by atoms with Crippen LogP contribution in [0.25, 0.3) is 5.69 Å². The first-order valence-corrected chi connectivity index (χ1v) is 8.49. The van der Waals surface area contributed by atoms with Crippen LogP contribution >= 0.6 is 0 Å². The summed E-state index contributed by atoms with van der Waals surface area (Å²) in [4.78, 5) is 23.2. The number of hydrogen-bond donors (Lipinski definition) is 3. The smallest absolute Gasteiger partial charge is 0.316 e. The van der Waals surface area contributed by atoms with Gasteiger partial charge in [0.05, 0.1) is 11.4 Å². The van der Waals surface area contributed by atoms with E-state index < -0.39 is 6.03 Å². The minimum atomic E-state index is -0.611. The Balaban J connectivity index is 1.61. The number of aryl methyl sites for hydroxylation is 2. The Bertz CT molecular complexity index is 959. The van der Waals surface area contributed by atoms with Gasteiger partial charge in [0.1, 0.15) is 0 Å². The second-order valence-electron chi connectivity index (χ2n) is 6.25. The molecule has 0 aliphatic carbocycles. The highest BCUT2D eigenvalue weighted by Crippen LogP contribution is 2.14. The molecule has 0 atom stereocenters. The maximum Gasteiger partial charge on any atom is 0.316 e. The molecule has 7 nitrogen and oxygen atoms in total. The van der Waals surface area contributed by atoms with Crippen molar-refractivity contribution in [2.75, 3.05) is 5.32 Å². The number of urea groups is 1. The molecule has 1 aromatic heterocycles. The van der Waals surface area contributed by atoms with Crippen molar-refractivity contribution in [3.05, 3.63) is 77.1 Å². The summed E-state index contributed by atoms with van der Waals surface area (Å²) in [7, 11) is 0. The molecule has 2 aromatic carbocycles. The highest BCUT2D eigenvalue weighted by Gasteiger charge is 2.08. The molecule has 0 aliphatic rings. The quantitative estimate of drug-likeness (QED) is 0.649. The van der Waals surface area contributed by atoms with Crippen LogP contribution in [0.3, 0.4) is 0 Å². The Labute approximate surface area is 157 Å². The van der Waals surface area contributed by atoms with Gasteiger partial charge < -0.3 is 16.4 Å². The minimum absolute atomic E-state index is 0.158. The van der Waals surface area contributed by atoms with E-state index in [1.165, 1.54) is 0 Å². The normalized spacial score (nSPS) is 10.4. The van der Waals surface area contributed by atoms with E-state index in [0.717, 1.165) is 22.6 Å². The first-order chi connectivity index (χ1) is 12.9. The molecule has 138 valence electrons. The number of primary amides is 1. The number of nitrogens with zero attached hydrogens (tertiary/aromatic N) is 2. The second-order valence-corrected chi connectivity index (χ2v) is 6.25. The lowest BCUT2D eigenvalue weighted by molar-refractivity contribution is 0.0951. The molecule has 3 amide bonds. The molecular formula is C20H21N5O2. The largest absolute Gasteiger partial charge is 0.351 e. The zero-order valence-electron chi connectivity index (χ0n) is 15.2. The number of carbonyl (C=O) groups is 2. The fourth-order valence-electron chi connectivity index (χ4n) is 2.78. The van der Waals surface area contributed by atoms with Crippen molar-refractivity contribution in [2.24, 2.45) is 5.73 Å². The lowest BCUT2D eigenvalue weighted by atomic mass is 10.1. The van der Waals surface area contributed by atoms with Crippen LogP contribution in [-0.4, -0.2) is 21.7 Å². The van der Waals surface area contributed by atoms with Crippen molar-refractivity contribution >= 4 is 17.6 Å². The summed E-state index contributed by atoms with van der Waals surface area (Å²) in [5.74, 6) is -0.158. The Hall–Kier alpha value is -3.61. The van der Waals surface area contributed by atoms with E-state index in [-0.39, 0.29) is 5.91 Å². The fraction of sp³-hybridized carbons (Fsp3) is 0.150. The number of anilines is 1. The third kappa shape index (κ3) is 4.52. The topological polar surface area (TPSA) is 102 Å². The molecule has 0 fully saturated rings. The highest BCUT2D eigenvalue weighted by molar-refractivity contribution is 5.94. The lowest BCUT2D eigenvalue weighted by Gasteiger charge is -2.08. The van der Waals surface area contributed by atoms with Crippen LogP contribution in [0.15, 0.2) is 54.6 Å². The number of rotatable bonds is 5. The number of aromatic nitrogens is 2. The van der Waals surface area contributed by atoms with Crippen LogP contribution in [0, 0.1) is 13.8 Å². The summed E-state index contributed by atoms with van der Waals surface area (Å²) in [6.07, 6.45) is 0. The molecule has 27 heavy (non-hydrogen) atoms. The molecule has 0 unspecified atom stereocenters. The number of amides is 3. The molecule has 0 saturated carbocycles. The van der Waals surface area contributed by atoms with Crippen molar-refractivity contribution in [3.63, 3.8) is 0 Å². The molecular weight excluding hydrogens is 342 g/mol. The summed E-state index contributed by atoms with van der Waals surface area (Å²) in [6.45, 7) is 4.32. The first kappa shape index (κ1) is 18.2. The molecule has 7 heteroatoms. The summed E-state index contributed by atoms with van der Waals surface area (Å²) in [6, 6.07) is 15.8. The third-order valence-corrected chi connectivity index (χ3v) is 4.06. The summed E-state index contributed by atoms with van der Waals surface area (Å²) >= 11 is 0. The number of nitrogens with one attached hydrogen (secondary N) is 2. The Morgan fingerprint density at radius 1 is 1.04 bits per heavy atom. The molecule has 0 spiro atoms. The van der Waals surface area contributed by atoms with Crippen LogP contribution in [-0.2, 0) is 6.54 Å². The van der Waals surface area contributed by atoms with Gasteiger partial charge in [-0.2, -0.15) is 5.10 Å². The van der Waals surface area contributed by atoms with Gasteiger partial charge in [-0.1, -0.05) is 12.1 Å². The van der Waals surface area contributed by atoms with Crippen LogP contribution in [0.1, 0.15) is 27.3 Å². The Kier molecular flexibility index (Phi) is 5.21. The lowest BCUT2D eigenvalue weighted by Crippen LogP contribution is -2.23. The van der Waals surface area contributed by atoms with Crippen molar-refractivity contribution in [3.8, 4) is 5.69 Å². The van der Waals surface area contributed by atoms with Gasteiger partial charge in [-0.15, -0.1) is 0 Å². The van der Waals surface area contributed by atoms with Crippen molar-refractivity contribution in [1.29, 1.82) is 0 Å². The van der Waals surface area contributed by atoms with Gasteiger partial charge in [0.2, 0.25) is 0 Å². The zero-order chi connectivity index (χ0) is 19.4. The predicted molar refractivity (Wildman–Crippen MR) is 104 cm³/mol. The highest BCUT2D eigenvalue weighted by atomic mass is 16.2. The van der Waals surface area contributed by atoms with Crippen molar-refractivity contribution in [2.45, 2.75) is 20.4 Å². The summed E-state index contributed by atoms with van der Waals surface area (Å²) < 4.78 is 1.85. The third-order valence-electron chi connectivity index (χ3n) is 4.06. The Morgan fingerprint density at radius 2 is 1.70 bits per heavy atom. The molecule has 0 saturated heterocycles. The maximum absolute atomic E-state index is 12.3. The van der Waals surface area contributed by atoms with E-state index in [0.29, 0.717) is 17.8 Å². The fourth-order valence-corrected chi connectivity index (χ4v) is 2.78. The second kappa shape index (κ2) is 7.74. The van der Waals surface area contributed by atoms with Crippen LogP contribution < -0.4 is 16.4 Å². The van der Waals surface area contributed by atoms with Crippen molar-refractivity contribution < 1.29 is 9.59 Å². The maximum atomic E-state index is 12.3. The first-order valence-electron chi connectivity index (χ1n) is 8.49. The van der Waals surface area contributed by atoms with E-state index in [2.05, 4.69) is 15.7 Å². The van der Waals surface area contributed by atoms with Gasteiger partial charge in [0, 0.05) is 23.5 Å². The van der Waals surface area contributed by atoms with Crippen molar-refractivity contribution in [1.82, 2.24) is 15.1 Å².